The van der Waals surface area contributed by atoms with Gasteiger partial charge in [0.2, 0.25) is 5.91 Å². The van der Waals surface area contributed by atoms with Crippen molar-refractivity contribution in [3.05, 3.63) is 63.5 Å². The van der Waals surface area contributed by atoms with Crippen LogP contribution in [0.25, 0.3) is 10.2 Å². The molecule has 0 unspecified atom stereocenters. The van der Waals surface area contributed by atoms with Gasteiger partial charge in [0.05, 0.1) is 20.8 Å². The maximum Gasteiger partial charge on any atom is 0.263 e. The zero-order chi connectivity index (χ0) is 23.6. The Bertz CT molecular complexity index is 1520. The monoisotopic (exact) mass is 503 g/mol. The molecule has 3 heterocycles. The molecule has 0 aliphatic rings. The second-order valence-electron chi connectivity index (χ2n) is 6.98. The molecule has 170 valence electrons. The number of pyridine rings is 1. The minimum Gasteiger partial charge on any atom is -0.328 e. The number of carbonyl (C=O) groups is 2. The summed E-state index contributed by atoms with van der Waals surface area (Å²) in [6.07, 6.45) is 3.05. The van der Waals surface area contributed by atoms with Crippen LogP contribution in [0, 0.1) is 0 Å². The fourth-order valence-corrected chi connectivity index (χ4v) is 5.24. The third-order valence-corrected chi connectivity index (χ3v) is 7.33. The molecule has 13 heteroatoms. The number of nitrogens with zero attached hydrogens (tertiary/aromatic N) is 2. The highest BCUT2D eigenvalue weighted by atomic mass is 32.2. The van der Waals surface area contributed by atoms with Gasteiger partial charge in [-0.15, -0.1) is 11.3 Å². The standard InChI is InChI=1S/C20H17N5O5S3/c1-33(29,30)12-5-6-14-15(9-12)32-20(23-14)24-16(26)7-4-11-10-31-19(22-11)25-18(28)13-3-2-8-21-17(13)27/h2-3,5-6,8-10H,4,7H2,1H3,(H,21,27)(H,22,25,28)(H,23,24,26). The molecular weight excluding hydrogens is 486 g/mol. The first-order valence-electron chi connectivity index (χ1n) is 9.53. The minimum atomic E-state index is -3.33. The van der Waals surface area contributed by atoms with E-state index >= 15 is 0 Å². The van der Waals surface area contributed by atoms with Crippen LogP contribution in [0.1, 0.15) is 22.5 Å². The van der Waals surface area contributed by atoms with E-state index < -0.39 is 21.3 Å². The Labute approximate surface area is 195 Å². The lowest BCUT2D eigenvalue weighted by atomic mass is 10.2. The number of carbonyl (C=O) groups excluding carboxylic acids is 2. The van der Waals surface area contributed by atoms with Crippen molar-refractivity contribution < 1.29 is 18.0 Å². The lowest BCUT2D eigenvalue weighted by molar-refractivity contribution is -0.116. The van der Waals surface area contributed by atoms with Gasteiger partial charge >= 0.3 is 0 Å². The van der Waals surface area contributed by atoms with E-state index in [0.717, 1.165) is 6.26 Å². The average Bonchev–Trinajstić information content (AvgIpc) is 3.37. The van der Waals surface area contributed by atoms with Crippen LogP contribution in [-0.4, -0.2) is 41.4 Å². The number of aromatic amines is 1. The lowest BCUT2D eigenvalue weighted by Crippen LogP contribution is -2.22. The third kappa shape index (κ3) is 5.50. The SMILES string of the molecule is CS(=O)(=O)c1ccc2nc(NC(=O)CCc3csc(NC(=O)c4ccc[nH]c4=O)n3)sc2c1. The largest absolute Gasteiger partial charge is 0.328 e. The van der Waals surface area contributed by atoms with Crippen LogP contribution < -0.4 is 16.2 Å². The number of aryl methyl sites for hydroxylation is 1. The molecular formula is C20H17N5O5S3. The summed E-state index contributed by atoms with van der Waals surface area (Å²) < 4.78 is 24.1. The summed E-state index contributed by atoms with van der Waals surface area (Å²) in [6, 6.07) is 7.59. The third-order valence-electron chi connectivity index (χ3n) is 4.48. The molecule has 1 aromatic carbocycles. The fraction of sp³-hybridized carbons (Fsp3) is 0.150. The van der Waals surface area contributed by atoms with Crippen LogP contribution in [0.3, 0.4) is 0 Å². The van der Waals surface area contributed by atoms with Gasteiger partial charge < -0.3 is 10.3 Å². The zero-order valence-corrected chi connectivity index (χ0v) is 19.6. The van der Waals surface area contributed by atoms with Gasteiger partial charge in [-0.25, -0.2) is 18.4 Å². The minimum absolute atomic E-state index is 0.0203. The number of anilines is 2. The molecule has 0 saturated heterocycles. The Morgan fingerprint density at radius 1 is 1.12 bits per heavy atom. The summed E-state index contributed by atoms with van der Waals surface area (Å²) in [4.78, 5) is 47.4. The molecule has 0 saturated carbocycles. The molecule has 0 atom stereocenters. The number of thiazole rings is 2. The van der Waals surface area contributed by atoms with Crippen molar-refractivity contribution >= 4 is 64.8 Å². The van der Waals surface area contributed by atoms with Gasteiger partial charge in [-0.3, -0.25) is 19.7 Å². The predicted molar refractivity (Wildman–Crippen MR) is 127 cm³/mol. The molecule has 0 fully saturated rings. The quantitative estimate of drug-likeness (QED) is 0.351. The van der Waals surface area contributed by atoms with Crippen molar-refractivity contribution in [3.8, 4) is 0 Å². The van der Waals surface area contributed by atoms with Crippen molar-refractivity contribution in [1.82, 2.24) is 15.0 Å². The number of nitrogens with one attached hydrogen (secondary N) is 3. The van der Waals surface area contributed by atoms with Crippen LogP contribution in [0.4, 0.5) is 10.3 Å². The summed E-state index contributed by atoms with van der Waals surface area (Å²) in [5, 5.41) is 7.71. The Morgan fingerprint density at radius 3 is 2.70 bits per heavy atom. The molecule has 0 aliphatic heterocycles. The Kier molecular flexibility index (Phi) is 6.35. The van der Waals surface area contributed by atoms with Crippen molar-refractivity contribution in [3.63, 3.8) is 0 Å². The number of hydrogen-bond donors (Lipinski definition) is 3. The molecule has 0 aliphatic carbocycles. The molecule has 4 rings (SSSR count). The molecule has 33 heavy (non-hydrogen) atoms. The fourth-order valence-electron chi connectivity index (χ4n) is 2.86. The normalized spacial score (nSPS) is 11.4. The van der Waals surface area contributed by atoms with Gasteiger partial charge in [0.25, 0.3) is 11.5 Å². The topological polar surface area (TPSA) is 151 Å². The Morgan fingerprint density at radius 2 is 1.94 bits per heavy atom. The van der Waals surface area contributed by atoms with Crippen molar-refractivity contribution in [2.45, 2.75) is 17.7 Å². The van der Waals surface area contributed by atoms with E-state index in [0.29, 0.717) is 32.6 Å². The molecule has 0 radical (unpaired) electrons. The van der Waals surface area contributed by atoms with Crippen molar-refractivity contribution in [2.24, 2.45) is 0 Å². The zero-order valence-electron chi connectivity index (χ0n) is 17.1. The van der Waals surface area contributed by atoms with Gasteiger partial charge in [0.1, 0.15) is 5.56 Å². The summed E-state index contributed by atoms with van der Waals surface area (Å²) in [6.45, 7) is 0. The highest BCUT2D eigenvalue weighted by Gasteiger charge is 2.14. The molecule has 3 N–H and O–H groups in total. The van der Waals surface area contributed by atoms with E-state index in [1.165, 1.54) is 47.1 Å². The number of rotatable bonds is 7. The number of H-pyrrole nitrogens is 1. The molecule has 2 amide bonds. The average molecular weight is 504 g/mol. The van der Waals surface area contributed by atoms with E-state index in [4.69, 9.17) is 0 Å². The predicted octanol–water partition coefficient (Wildman–Crippen LogP) is 2.67. The highest BCUT2D eigenvalue weighted by Crippen LogP contribution is 2.28. The molecule has 0 bridgehead atoms. The molecule has 10 nitrogen and oxygen atoms in total. The Balaban J connectivity index is 1.34. The van der Waals surface area contributed by atoms with Gasteiger partial charge in [0.15, 0.2) is 20.1 Å². The van der Waals surface area contributed by atoms with Crippen LogP contribution in [0.2, 0.25) is 0 Å². The number of amides is 2. The van der Waals surface area contributed by atoms with Crippen LogP contribution in [0.15, 0.2) is 51.6 Å². The van der Waals surface area contributed by atoms with E-state index in [-0.39, 0.29) is 22.8 Å². The number of benzene rings is 1. The van der Waals surface area contributed by atoms with E-state index in [9.17, 15) is 22.8 Å². The van der Waals surface area contributed by atoms with Crippen LogP contribution in [-0.2, 0) is 21.1 Å². The summed E-state index contributed by atoms with van der Waals surface area (Å²) in [7, 11) is -3.33. The van der Waals surface area contributed by atoms with Gasteiger partial charge in [-0.2, -0.15) is 0 Å². The van der Waals surface area contributed by atoms with Crippen LogP contribution in [0.5, 0.6) is 0 Å². The summed E-state index contributed by atoms with van der Waals surface area (Å²) in [5.74, 6) is -0.836. The number of sulfone groups is 1. The van der Waals surface area contributed by atoms with Crippen molar-refractivity contribution in [2.75, 3.05) is 16.9 Å². The highest BCUT2D eigenvalue weighted by molar-refractivity contribution is 7.90. The van der Waals surface area contributed by atoms with Crippen LogP contribution >= 0.6 is 22.7 Å². The molecule has 3 aromatic heterocycles. The van der Waals surface area contributed by atoms with Gasteiger partial charge in [-0.05, 0) is 36.8 Å². The number of hydrogen-bond acceptors (Lipinski definition) is 9. The van der Waals surface area contributed by atoms with Gasteiger partial charge in [-0.1, -0.05) is 11.3 Å². The molecule has 0 spiro atoms. The summed E-state index contributed by atoms with van der Waals surface area (Å²) >= 11 is 2.38. The van der Waals surface area contributed by atoms with E-state index in [1.807, 2.05) is 0 Å². The molecule has 4 aromatic rings. The van der Waals surface area contributed by atoms with Gasteiger partial charge in [0, 0.05) is 24.3 Å². The Hall–Kier alpha value is -3.42. The van der Waals surface area contributed by atoms with E-state index in [2.05, 4.69) is 25.6 Å². The smallest absolute Gasteiger partial charge is 0.263 e. The van der Waals surface area contributed by atoms with E-state index in [1.54, 1.807) is 17.5 Å². The number of aromatic nitrogens is 3. The lowest BCUT2D eigenvalue weighted by Gasteiger charge is -2.01. The first kappa shape index (κ1) is 22.8. The first-order valence-corrected chi connectivity index (χ1v) is 13.1. The number of fused-ring (bicyclic) bond motifs is 1. The summed E-state index contributed by atoms with van der Waals surface area (Å²) in [5.41, 5.74) is 0.702. The second kappa shape index (κ2) is 9.21. The maximum atomic E-state index is 12.3. The van der Waals surface area contributed by atoms with Crippen molar-refractivity contribution in [1.29, 1.82) is 0 Å². The first-order chi connectivity index (χ1) is 15.7. The maximum absolute atomic E-state index is 12.3. The second-order valence-corrected chi connectivity index (χ2v) is 10.9.